The summed E-state index contributed by atoms with van der Waals surface area (Å²) in [6.45, 7) is 2.57. The third-order valence-electron chi connectivity index (χ3n) is 2.81. The van der Waals surface area contributed by atoms with Crippen molar-refractivity contribution in [2.45, 2.75) is 26.5 Å². The summed E-state index contributed by atoms with van der Waals surface area (Å²) >= 11 is 0. The first-order valence-corrected chi connectivity index (χ1v) is 6.45. The Morgan fingerprint density at radius 3 is 2.95 bits per heavy atom. The Kier molecular flexibility index (Phi) is 4.70. The summed E-state index contributed by atoms with van der Waals surface area (Å²) in [6, 6.07) is 4.60. The van der Waals surface area contributed by atoms with Gasteiger partial charge in [0.05, 0.1) is 7.11 Å². The molecule has 2 rings (SSSR count). The molecule has 2 aromatic rings. The Hall–Kier alpha value is -2.64. The number of phenols is 1. The van der Waals surface area contributed by atoms with Crippen LogP contribution >= 0.6 is 0 Å². The molecule has 1 aromatic heterocycles. The van der Waals surface area contributed by atoms with Gasteiger partial charge in [0.25, 0.3) is 0 Å². The van der Waals surface area contributed by atoms with E-state index >= 15 is 0 Å². The van der Waals surface area contributed by atoms with Crippen LogP contribution in [0.2, 0.25) is 0 Å². The number of phenolic OH excluding ortho intramolecular Hbond substituents is 1. The van der Waals surface area contributed by atoms with Crippen molar-refractivity contribution in [3.05, 3.63) is 29.6 Å². The lowest BCUT2D eigenvalue weighted by Crippen LogP contribution is -2.11. The van der Waals surface area contributed by atoms with Crippen molar-refractivity contribution in [1.82, 2.24) is 20.2 Å². The fourth-order valence-electron chi connectivity index (χ4n) is 1.77. The van der Waals surface area contributed by atoms with Crippen molar-refractivity contribution >= 4 is 5.97 Å². The van der Waals surface area contributed by atoms with E-state index in [1.807, 2.05) is 6.92 Å². The van der Waals surface area contributed by atoms with Crippen LogP contribution in [-0.2, 0) is 17.9 Å². The van der Waals surface area contributed by atoms with Gasteiger partial charge in [-0.05, 0) is 29.0 Å². The van der Waals surface area contributed by atoms with Gasteiger partial charge in [-0.2, -0.15) is 0 Å². The molecule has 21 heavy (non-hydrogen) atoms. The molecule has 8 nitrogen and oxygen atoms in total. The second kappa shape index (κ2) is 6.69. The van der Waals surface area contributed by atoms with Gasteiger partial charge in [0.2, 0.25) is 0 Å². The fraction of sp³-hybridized carbons (Fsp3) is 0.385. The van der Waals surface area contributed by atoms with Gasteiger partial charge in [-0.15, -0.1) is 5.10 Å². The van der Waals surface area contributed by atoms with Gasteiger partial charge < -0.3 is 14.6 Å². The van der Waals surface area contributed by atoms with Gasteiger partial charge >= 0.3 is 5.97 Å². The van der Waals surface area contributed by atoms with Gasteiger partial charge in [-0.25, -0.2) is 9.48 Å². The number of rotatable bonds is 6. The number of methoxy groups -OCH3 is 1. The lowest BCUT2D eigenvalue weighted by molar-refractivity contribution is 0.0452. The molecular weight excluding hydrogens is 276 g/mol. The van der Waals surface area contributed by atoms with Crippen LogP contribution in [0.4, 0.5) is 0 Å². The predicted molar refractivity (Wildman–Crippen MR) is 71.9 cm³/mol. The molecule has 0 bridgehead atoms. The van der Waals surface area contributed by atoms with Crippen LogP contribution in [0.3, 0.4) is 0 Å². The number of esters is 1. The van der Waals surface area contributed by atoms with E-state index in [-0.39, 0.29) is 23.7 Å². The summed E-state index contributed by atoms with van der Waals surface area (Å²) in [7, 11) is 1.41. The quantitative estimate of drug-likeness (QED) is 0.797. The topological polar surface area (TPSA) is 99.4 Å². The molecule has 0 spiro atoms. The lowest BCUT2D eigenvalue weighted by Gasteiger charge is -2.08. The average Bonchev–Trinajstić information content (AvgIpc) is 2.93. The van der Waals surface area contributed by atoms with Crippen LogP contribution < -0.4 is 4.74 Å². The highest BCUT2D eigenvalue weighted by molar-refractivity contribution is 5.93. The minimum Gasteiger partial charge on any atom is -0.504 e. The summed E-state index contributed by atoms with van der Waals surface area (Å²) < 4.78 is 11.6. The van der Waals surface area contributed by atoms with Crippen LogP contribution in [0.25, 0.3) is 0 Å². The Morgan fingerprint density at radius 1 is 1.43 bits per heavy atom. The van der Waals surface area contributed by atoms with E-state index in [4.69, 9.17) is 9.47 Å². The summed E-state index contributed by atoms with van der Waals surface area (Å²) in [6.07, 6.45) is 0.864. The molecule has 1 heterocycles. The van der Waals surface area contributed by atoms with Crippen molar-refractivity contribution < 1.29 is 19.4 Å². The third-order valence-corrected chi connectivity index (χ3v) is 2.81. The molecule has 0 saturated carbocycles. The zero-order chi connectivity index (χ0) is 15.2. The molecule has 8 heteroatoms. The molecule has 0 saturated heterocycles. The Bertz CT molecular complexity index is 626. The largest absolute Gasteiger partial charge is 0.504 e. The van der Waals surface area contributed by atoms with E-state index in [9.17, 15) is 9.90 Å². The summed E-state index contributed by atoms with van der Waals surface area (Å²) in [5.41, 5.74) is 0.0314. The van der Waals surface area contributed by atoms with Gasteiger partial charge in [-0.1, -0.05) is 13.0 Å². The SMILES string of the molecule is CCCn1nnnc1COC(=O)c1cccc(OC)c1O. The van der Waals surface area contributed by atoms with E-state index in [0.29, 0.717) is 12.4 Å². The van der Waals surface area contributed by atoms with Crippen LogP contribution in [0.5, 0.6) is 11.5 Å². The zero-order valence-corrected chi connectivity index (χ0v) is 11.8. The Labute approximate surface area is 121 Å². The molecule has 0 amide bonds. The second-order valence-corrected chi connectivity index (χ2v) is 4.25. The molecule has 1 aromatic carbocycles. The zero-order valence-electron chi connectivity index (χ0n) is 11.8. The standard InChI is InChI=1S/C13H16N4O4/c1-3-7-17-11(14-15-16-17)8-21-13(19)9-5-4-6-10(20-2)12(9)18/h4-6,18H,3,7-8H2,1-2H3. The van der Waals surface area contributed by atoms with Crippen molar-refractivity contribution in [2.75, 3.05) is 7.11 Å². The van der Waals surface area contributed by atoms with Crippen LogP contribution in [0, 0.1) is 0 Å². The van der Waals surface area contributed by atoms with Crippen molar-refractivity contribution in [3.8, 4) is 11.5 Å². The number of nitrogens with zero attached hydrogens (tertiary/aromatic N) is 4. The molecule has 0 aliphatic heterocycles. The van der Waals surface area contributed by atoms with Gasteiger partial charge in [0, 0.05) is 6.54 Å². The number of hydrogen-bond acceptors (Lipinski definition) is 7. The number of carbonyl (C=O) groups excluding carboxylic acids is 1. The molecule has 0 aliphatic rings. The van der Waals surface area contributed by atoms with Crippen molar-refractivity contribution in [3.63, 3.8) is 0 Å². The monoisotopic (exact) mass is 292 g/mol. The second-order valence-electron chi connectivity index (χ2n) is 4.25. The first-order valence-electron chi connectivity index (χ1n) is 6.45. The number of hydrogen-bond donors (Lipinski definition) is 1. The summed E-state index contributed by atoms with van der Waals surface area (Å²) in [5.74, 6) is -0.261. The first kappa shape index (κ1) is 14.8. The average molecular weight is 292 g/mol. The predicted octanol–water partition coefficient (Wildman–Crippen LogP) is 1.15. The fourth-order valence-corrected chi connectivity index (χ4v) is 1.77. The maximum Gasteiger partial charge on any atom is 0.342 e. The molecule has 0 fully saturated rings. The number of benzene rings is 1. The molecule has 0 aliphatic carbocycles. The van der Waals surface area contributed by atoms with Crippen molar-refractivity contribution in [1.29, 1.82) is 0 Å². The number of aromatic nitrogens is 4. The van der Waals surface area contributed by atoms with Gasteiger partial charge in [0.15, 0.2) is 23.9 Å². The Balaban J connectivity index is 2.07. The van der Waals surface area contributed by atoms with E-state index in [0.717, 1.165) is 6.42 Å². The van der Waals surface area contributed by atoms with E-state index in [1.165, 1.54) is 13.2 Å². The minimum atomic E-state index is -0.669. The number of para-hydroxylation sites is 1. The van der Waals surface area contributed by atoms with Crippen LogP contribution in [0.15, 0.2) is 18.2 Å². The highest BCUT2D eigenvalue weighted by Gasteiger charge is 2.17. The van der Waals surface area contributed by atoms with Crippen LogP contribution in [-0.4, -0.2) is 38.4 Å². The maximum atomic E-state index is 12.0. The van der Waals surface area contributed by atoms with Crippen molar-refractivity contribution in [2.24, 2.45) is 0 Å². The Morgan fingerprint density at radius 2 is 2.24 bits per heavy atom. The summed E-state index contributed by atoms with van der Waals surface area (Å²) in [4.78, 5) is 12.0. The minimum absolute atomic E-state index is 0.0314. The molecule has 112 valence electrons. The van der Waals surface area contributed by atoms with E-state index in [2.05, 4.69) is 15.5 Å². The third kappa shape index (κ3) is 3.28. The molecular formula is C13H16N4O4. The highest BCUT2D eigenvalue weighted by Crippen LogP contribution is 2.29. The number of carbonyl (C=O) groups is 1. The van der Waals surface area contributed by atoms with E-state index in [1.54, 1.807) is 16.8 Å². The van der Waals surface area contributed by atoms with Gasteiger partial charge in [0.1, 0.15) is 5.56 Å². The summed E-state index contributed by atoms with van der Waals surface area (Å²) in [5, 5.41) is 21.0. The smallest absolute Gasteiger partial charge is 0.342 e. The molecule has 0 atom stereocenters. The lowest BCUT2D eigenvalue weighted by atomic mass is 10.2. The number of aromatic hydroxyl groups is 1. The number of ether oxygens (including phenoxy) is 2. The highest BCUT2D eigenvalue weighted by atomic mass is 16.5. The number of tetrazole rings is 1. The normalized spacial score (nSPS) is 10.4. The number of aryl methyl sites for hydroxylation is 1. The first-order chi connectivity index (χ1) is 10.2. The van der Waals surface area contributed by atoms with E-state index < -0.39 is 5.97 Å². The molecule has 0 unspecified atom stereocenters. The van der Waals surface area contributed by atoms with Gasteiger partial charge in [-0.3, -0.25) is 0 Å². The molecule has 1 N–H and O–H groups in total. The van der Waals surface area contributed by atoms with Crippen LogP contribution in [0.1, 0.15) is 29.5 Å². The maximum absolute atomic E-state index is 12.0. The molecule has 0 radical (unpaired) electrons.